The Morgan fingerprint density at radius 2 is 1.86 bits per heavy atom. The second-order valence-electron chi connectivity index (χ2n) is 9.90. The van der Waals surface area contributed by atoms with Gasteiger partial charge in [0.15, 0.2) is 11.5 Å². The molecular weight excluding hydrogens is 396 g/mol. The molecule has 2 aliphatic rings. The fourth-order valence-corrected chi connectivity index (χ4v) is 6.66. The highest BCUT2D eigenvalue weighted by Gasteiger charge is 2.64. The van der Waals surface area contributed by atoms with E-state index in [-0.39, 0.29) is 28.0 Å². The number of Topliss-reactive ketones (excluding diaryl/α,β-unsaturated/α-hetero) is 2. The van der Waals surface area contributed by atoms with Crippen LogP contribution in [0, 0.1) is 16.7 Å². The average molecular weight is 435 g/mol. The van der Waals surface area contributed by atoms with E-state index < -0.39 is 21.3 Å². The molecule has 0 spiro atoms. The molecule has 2 bridgehead atoms. The van der Waals surface area contributed by atoms with Gasteiger partial charge in [0.2, 0.25) is 0 Å². The average Bonchev–Trinajstić information content (AvgIpc) is 2.85. The molecule has 0 aromatic carbocycles. The van der Waals surface area contributed by atoms with Gasteiger partial charge in [0.25, 0.3) is 0 Å². The maximum Gasteiger partial charge on any atom is 0.181 e. The molecule has 0 aliphatic heterocycles. The summed E-state index contributed by atoms with van der Waals surface area (Å²) in [6.45, 7) is 12.6. The Kier molecular flexibility index (Phi) is 8.40. The molecule has 3 unspecified atom stereocenters. The van der Waals surface area contributed by atoms with E-state index >= 15 is 0 Å². The zero-order valence-electron chi connectivity index (χ0n) is 18.6. The van der Waals surface area contributed by atoms with Gasteiger partial charge in [-0.25, -0.2) is 8.42 Å². The van der Waals surface area contributed by atoms with E-state index in [1.807, 2.05) is 13.8 Å². The Balaban J connectivity index is 0.000000284. The van der Waals surface area contributed by atoms with Crippen LogP contribution < -0.4 is 0 Å². The van der Waals surface area contributed by atoms with Crippen LogP contribution >= 0.6 is 0 Å². The van der Waals surface area contributed by atoms with E-state index in [2.05, 4.69) is 34.0 Å². The van der Waals surface area contributed by atoms with Crippen LogP contribution in [0.4, 0.5) is 0 Å². The van der Waals surface area contributed by atoms with Gasteiger partial charge in [0.05, 0.1) is 22.1 Å². The van der Waals surface area contributed by atoms with Crippen LogP contribution in [0.25, 0.3) is 0 Å². The molecule has 3 atom stereocenters. The molecule has 5 nitrogen and oxygen atoms in total. The molecule has 164 valence electrons. The fourth-order valence-electron chi connectivity index (χ4n) is 4.31. The minimum atomic E-state index is -4.33. The number of rotatable bonds is 7. The minimum Gasteiger partial charge on any atom is -0.748 e. The fraction of sp³-hybridized carbons (Fsp3) is 0.905. The van der Waals surface area contributed by atoms with Crippen molar-refractivity contribution in [3.63, 3.8) is 0 Å². The molecule has 0 N–H and O–H groups in total. The highest BCUT2D eigenvalue weighted by atomic mass is 32.2. The summed E-state index contributed by atoms with van der Waals surface area (Å²) in [6.07, 6.45) is 7.04. The predicted molar refractivity (Wildman–Crippen MR) is 116 cm³/mol. The van der Waals surface area contributed by atoms with Crippen LogP contribution in [-0.4, -0.2) is 47.0 Å². The normalized spacial score (nSPS) is 27.3. The van der Waals surface area contributed by atoms with Crippen LogP contribution in [0.1, 0.15) is 80.1 Å². The van der Waals surface area contributed by atoms with Gasteiger partial charge in [0.1, 0.15) is 10.5 Å². The Bertz CT molecular complexity index is 675. The van der Waals surface area contributed by atoms with Gasteiger partial charge in [-0.1, -0.05) is 27.2 Å². The second kappa shape index (κ2) is 9.17. The molecular formula is C21H38O5S2. The molecule has 28 heavy (non-hydrogen) atoms. The van der Waals surface area contributed by atoms with E-state index in [1.165, 1.54) is 0 Å². The van der Waals surface area contributed by atoms with Gasteiger partial charge in [-0.15, -0.1) is 0 Å². The van der Waals surface area contributed by atoms with Gasteiger partial charge in [0, 0.05) is 18.3 Å². The zero-order chi connectivity index (χ0) is 22.0. The third kappa shape index (κ3) is 6.05. The first kappa shape index (κ1) is 25.6. The van der Waals surface area contributed by atoms with Crippen molar-refractivity contribution in [1.82, 2.24) is 0 Å². The van der Waals surface area contributed by atoms with Gasteiger partial charge in [-0.3, -0.25) is 9.59 Å². The van der Waals surface area contributed by atoms with Crippen molar-refractivity contribution in [3.8, 4) is 0 Å². The Labute approximate surface area is 174 Å². The summed E-state index contributed by atoms with van der Waals surface area (Å²) in [6, 6.07) is 0. The summed E-state index contributed by atoms with van der Waals surface area (Å²) < 4.78 is 33.0. The van der Waals surface area contributed by atoms with E-state index in [4.69, 9.17) is 0 Å². The number of unbranched alkanes of at least 4 members (excludes halogenated alkanes) is 1. The summed E-state index contributed by atoms with van der Waals surface area (Å²) in [7, 11) is -4.10. The van der Waals surface area contributed by atoms with Crippen molar-refractivity contribution in [2.45, 2.75) is 84.8 Å². The molecule has 2 fully saturated rings. The predicted octanol–water partition coefficient (Wildman–Crippen LogP) is 3.72. The number of hydrogen-bond acceptors (Lipinski definition) is 5. The van der Waals surface area contributed by atoms with Crippen molar-refractivity contribution >= 4 is 32.6 Å². The van der Waals surface area contributed by atoms with Crippen molar-refractivity contribution in [1.29, 1.82) is 0 Å². The van der Waals surface area contributed by atoms with E-state index in [1.54, 1.807) is 0 Å². The molecule has 0 radical (unpaired) electrons. The number of carbonyl (C=O) groups is 2. The van der Waals surface area contributed by atoms with E-state index in [0.29, 0.717) is 23.4 Å². The second-order valence-corrected chi connectivity index (χ2v) is 14.1. The maximum absolute atomic E-state index is 11.8. The zero-order valence-corrected chi connectivity index (χ0v) is 20.2. The molecule has 0 aromatic heterocycles. The van der Waals surface area contributed by atoms with Crippen LogP contribution in [-0.2, 0) is 30.6 Å². The third-order valence-electron chi connectivity index (χ3n) is 6.79. The number of carbonyl (C=O) groups excluding carboxylic acids is 2. The molecule has 0 aromatic rings. The quantitative estimate of drug-likeness (QED) is 0.450. The molecule has 2 saturated carbocycles. The number of hydrogen-bond donors (Lipinski definition) is 0. The first-order chi connectivity index (χ1) is 12.6. The lowest BCUT2D eigenvalue weighted by Crippen LogP contribution is -2.42. The summed E-state index contributed by atoms with van der Waals surface area (Å²) in [4.78, 5) is 23.3. The highest BCUT2D eigenvalue weighted by Crippen LogP contribution is 2.64. The van der Waals surface area contributed by atoms with Crippen molar-refractivity contribution in [2.75, 3.05) is 17.8 Å². The van der Waals surface area contributed by atoms with E-state index in [0.717, 1.165) is 31.4 Å². The summed E-state index contributed by atoms with van der Waals surface area (Å²) in [5.41, 5.74) is -1.22. The Morgan fingerprint density at radius 1 is 1.29 bits per heavy atom. The first-order valence-corrected chi connectivity index (χ1v) is 13.6. The van der Waals surface area contributed by atoms with Gasteiger partial charge >= 0.3 is 0 Å². The minimum absolute atomic E-state index is 0.0248. The number of ketones is 2. The van der Waals surface area contributed by atoms with Crippen molar-refractivity contribution in [2.24, 2.45) is 16.7 Å². The smallest absolute Gasteiger partial charge is 0.181 e. The molecule has 0 saturated heterocycles. The maximum atomic E-state index is 11.8. The van der Waals surface area contributed by atoms with Crippen molar-refractivity contribution < 1.29 is 22.6 Å². The van der Waals surface area contributed by atoms with Crippen LogP contribution in [0.5, 0.6) is 0 Å². The first-order valence-electron chi connectivity index (χ1n) is 10.2. The highest BCUT2D eigenvalue weighted by molar-refractivity contribution is 7.98. The van der Waals surface area contributed by atoms with Crippen LogP contribution in [0.3, 0.4) is 0 Å². The summed E-state index contributed by atoms with van der Waals surface area (Å²) >= 11 is 0. The monoisotopic (exact) mass is 434 g/mol. The topological polar surface area (TPSA) is 91.3 Å². The van der Waals surface area contributed by atoms with Gasteiger partial charge < -0.3 is 4.55 Å². The van der Waals surface area contributed by atoms with E-state index in [9.17, 15) is 22.6 Å². The molecule has 2 aliphatic carbocycles. The number of fused-ring (bicyclic) bond motifs is 2. The van der Waals surface area contributed by atoms with Crippen molar-refractivity contribution in [3.05, 3.63) is 0 Å². The van der Waals surface area contributed by atoms with Gasteiger partial charge in [-0.2, -0.15) is 0 Å². The molecule has 0 heterocycles. The summed E-state index contributed by atoms with van der Waals surface area (Å²) in [5.74, 6) is 0.948. The molecule has 0 amide bonds. The summed E-state index contributed by atoms with van der Waals surface area (Å²) in [5, 5.41) is 0. The van der Waals surface area contributed by atoms with Crippen LogP contribution in [0.15, 0.2) is 0 Å². The Morgan fingerprint density at radius 3 is 2.21 bits per heavy atom. The molecule has 7 heteroatoms. The molecule has 2 rings (SSSR count). The Hall–Kier alpha value is -0.400. The lowest BCUT2D eigenvalue weighted by molar-refractivity contribution is -0.128. The largest absolute Gasteiger partial charge is 0.748 e. The SMILES string of the molecule is CC1(C)C2CCC1(CS(=O)(=O)[O-])C(=O)C2.CCCCC(=O)C[S+](C)C(C)(C)C. The standard InChI is InChI=1S/C11H23OS.C10H16O4S/c1-6-7-8-10(12)9-13(5)11(2,3)4;1-9(2)7-3-4-10(9,8(11)5-7)6-15(12,13)14/h6-9H2,1-5H3;7H,3-6H2,1-2H3,(H,12,13,14)/q+1;/p-1. The van der Waals surface area contributed by atoms with Crippen LogP contribution in [0.2, 0.25) is 0 Å². The lowest BCUT2D eigenvalue weighted by atomic mass is 9.70. The third-order valence-corrected chi connectivity index (χ3v) is 10.5. The lowest BCUT2D eigenvalue weighted by Gasteiger charge is -2.37. The van der Waals surface area contributed by atoms with Gasteiger partial charge in [-0.05, 0) is 62.3 Å².